The molecule has 2 heterocycles. The molecule has 1 aromatic carbocycles. The van der Waals surface area contributed by atoms with Gasteiger partial charge in [-0.05, 0) is 92.3 Å². The molecule has 4 aliphatic rings. The van der Waals surface area contributed by atoms with Gasteiger partial charge in [-0.15, -0.1) is 0 Å². The molecule has 47 heavy (non-hydrogen) atoms. The van der Waals surface area contributed by atoms with Crippen molar-refractivity contribution < 1.29 is 24.5 Å². The molecule has 8 nitrogen and oxygen atoms in total. The second kappa shape index (κ2) is 15.0. The number of unbranched alkanes of at least 4 members (excludes halogenated alkanes) is 1. The summed E-state index contributed by atoms with van der Waals surface area (Å²) in [5.74, 6) is 3.83. The van der Waals surface area contributed by atoms with E-state index in [2.05, 4.69) is 47.7 Å². The molecule has 3 aromatic rings. The van der Waals surface area contributed by atoms with Crippen LogP contribution < -0.4 is 15.4 Å². The van der Waals surface area contributed by atoms with Gasteiger partial charge in [0.2, 0.25) is 0 Å². The standard InChI is InChI=1S/C39H55N3O5/c1-4-6-9-36-28(23-43)19-30(47-36)12-10-26-11-13-35(45)37(17-26)46-24-34(41-5-2)33-20-31-32(22-40-21-25(3)44)39-15-7-8-29(39)18-27(14-16-39)38(31)42-33/h11,13-14,16-17,19-20,25,27,29,32,34,40-45H,4-10,12,15,18,21-24H2,1-3H3/t25-,27-,29+,32-,34-,39+/m0/s1. The van der Waals surface area contributed by atoms with Gasteiger partial charge in [0.05, 0.1) is 18.8 Å². The van der Waals surface area contributed by atoms with Gasteiger partial charge in [0.25, 0.3) is 0 Å². The maximum absolute atomic E-state index is 10.7. The molecule has 0 saturated heterocycles. The SMILES string of the molecule is CCCCc1oc(CCc2ccc(O)c(OC[C@H](NCC)c3cc4c([nH]3)[C@H]3C=C[C@@]5(CCC[C@@H]5C3)[C@H]4CNC[C@H](C)O)c2)cc1CO. The molecule has 6 N–H and O–H groups in total. The minimum atomic E-state index is -0.372. The second-order valence-corrected chi connectivity index (χ2v) is 14.2. The summed E-state index contributed by atoms with van der Waals surface area (Å²) in [5, 5.41) is 37.7. The molecule has 2 aromatic heterocycles. The van der Waals surface area contributed by atoms with E-state index < -0.39 is 0 Å². The molecule has 8 heteroatoms. The average Bonchev–Trinajstić information content (AvgIpc) is 3.78. The van der Waals surface area contributed by atoms with Crippen molar-refractivity contribution in [1.82, 2.24) is 15.6 Å². The monoisotopic (exact) mass is 645 g/mol. The zero-order chi connectivity index (χ0) is 33.0. The summed E-state index contributed by atoms with van der Waals surface area (Å²) in [6, 6.07) is 9.86. The highest BCUT2D eigenvalue weighted by Crippen LogP contribution is 2.62. The van der Waals surface area contributed by atoms with Gasteiger partial charge >= 0.3 is 0 Å². The van der Waals surface area contributed by atoms with E-state index in [0.717, 1.165) is 67.1 Å². The molecule has 6 atom stereocenters. The third-order valence-electron chi connectivity index (χ3n) is 11.0. The van der Waals surface area contributed by atoms with Gasteiger partial charge in [-0.1, -0.05) is 44.9 Å². The van der Waals surface area contributed by atoms with Crippen LogP contribution in [0.25, 0.3) is 0 Å². The van der Waals surface area contributed by atoms with E-state index in [1.165, 1.54) is 36.9 Å². The Morgan fingerprint density at radius 1 is 1.15 bits per heavy atom. The lowest BCUT2D eigenvalue weighted by Gasteiger charge is -2.41. The highest BCUT2D eigenvalue weighted by Gasteiger charge is 2.53. The zero-order valence-electron chi connectivity index (χ0n) is 28.5. The van der Waals surface area contributed by atoms with Crippen LogP contribution in [0.15, 0.2) is 46.9 Å². The van der Waals surface area contributed by atoms with Crippen LogP contribution in [0.3, 0.4) is 0 Å². The number of aryl methyl sites for hydroxylation is 3. The Balaban J connectivity index is 1.17. The highest BCUT2D eigenvalue weighted by atomic mass is 16.5. The number of H-pyrrole nitrogens is 1. The summed E-state index contributed by atoms with van der Waals surface area (Å²) >= 11 is 0. The summed E-state index contributed by atoms with van der Waals surface area (Å²) in [7, 11) is 0. The van der Waals surface area contributed by atoms with Crippen molar-refractivity contribution in [3.05, 3.63) is 82.1 Å². The Kier molecular flexibility index (Phi) is 10.8. The van der Waals surface area contributed by atoms with Gasteiger partial charge in [-0.25, -0.2) is 0 Å². The fourth-order valence-corrected chi connectivity index (χ4v) is 8.58. The molecule has 0 unspecified atom stereocenters. The van der Waals surface area contributed by atoms with E-state index >= 15 is 0 Å². The lowest BCUT2D eigenvalue weighted by molar-refractivity contribution is 0.172. The number of phenols is 1. The van der Waals surface area contributed by atoms with E-state index in [1.54, 1.807) is 6.07 Å². The Morgan fingerprint density at radius 3 is 2.81 bits per heavy atom. The van der Waals surface area contributed by atoms with Crippen LogP contribution in [0.2, 0.25) is 0 Å². The first-order valence-electron chi connectivity index (χ1n) is 18.0. The highest BCUT2D eigenvalue weighted by molar-refractivity contribution is 5.45. The van der Waals surface area contributed by atoms with E-state index in [9.17, 15) is 15.3 Å². The van der Waals surface area contributed by atoms with Gasteiger partial charge in [-0.3, -0.25) is 0 Å². The lowest BCUT2D eigenvalue weighted by Crippen LogP contribution is -2.39. The topological polar surface area (TPSA) is 123 Å². The molecule has 7 rings (SSSR count). The van der Waals surface area contributed by atoms with Crippen molar-refractivity contribution in [3.63, 3.8) is 0 Å². The predicted molar refractivity (Wildman–Crippen MR) is 185 cm³/mol. The molecule has 1 fully saturated rings. The molecule has 4 aliphatic carbocycles. The van der Waals surface area contributed by atoms with Gasteiger partial charge in [0.15, 0.2) is 11.5 Å². The van der Waals surface area contributed by atoms with Crippen molar-refractivity contribution >= 4 is 0 Å². The Morgan fingerprint density at radius 2 is 2.02 bits per heavy atom. The number of ether oxygens (including phenoxy) is 1. The molecule has 0 amide bonds. The van der Waals surface area contributed by atoms with Crippen LogP contribution in [0, 0.1) is 11.3 Å². The predicted octanol–water partition coefficient (Wildman–Crippen LogP) is 6.56. The van der Waals surface area contributed by atoms with Crippen LogP contribution >= 0.6 is 0 Å². The molecule has 1 saturated carbocycles. The summed E-state index contributed by atoms with van der Waals surface area (Å²) in [4.78, 5) is 3.86. The zero-order valence-corrected chi connectivity index (χ0v) is 28.5. The van der Waals surface area contributed by atoms with E-state index in [4.69, 9.17) is 9.15 Å². The molecule has 0 radical (unpaired) electrons. The van der Waals surface area contributed by atoms with Crippen LogP contribution in [0.4, 0.5) is 0 Å². The fraction of sp³-hybridized carbons (Fsp3) is 0.590. The van der Waals surface area contributed by atoms with Gasteiger partial charge in [0, 0.05) is 54.7 Å². The number of aliphatic hydroxyl groups excluding tert-OH is 2. The molecular formula is C39H55N3O5. The van der Waals surface area contributed by atoms with E-state index in [0.29, 0.717) is 43.1 Å². The van der Waals surface area contributed by atoms with Crippen molar-refractivity contribution in [3.8, 4) is 11.5 Å². The number of aromatic amines is 1. The Hall–Kier alpha value is -3.04. The fourth-order valence-electron chi connectivity index (χ4n) is 8.58. The first-order chi connectivity index (χ1) is 22.8. The minimum Gasteiger partial charge on any atom is -0.504 e. The molecule has 0 aliphatic heterocycles. The van der Waals surface area contributed by atoms with Crippen LogP contribution in [0.1, 0.15) is 117 Å². The lowest BCUT2D eigenvalue weighted by atomic mass is 9.64. The minimum absolute atomic E-state index is 0.00418. The van der Waals surface area contributed by atoms with Gasteiger partial charge in [0.1, 0.15) is 18.1 Å². The van der Waals surface area contributed by atoms with Gasteiger partial charge < -0.3 is 40.1 Å². The smallest absolute Gasteiger partial charge is 0.161 e. The Labute approximate surface area is 280 Å². The number of nitrogens with one attached hydrogen (secondary N) is 3. The summed E-state index contributed by atoms with van der Waals surface area (Å²) in [6.07, 6.45) is 14.0. The van der Waals surface area contributed by atoms with Crippen LogP contribution in [-0.4, -0.2) is 52.6 Å². The summed E-state index contributed by atoms with van der Waals surface area (Å²) in [6.45, 7) is 8.71. The molecule has 2 bridgehead atoms. The summed E-state index contributed by atoms with van der Waals surface area (Å²) < 4.78 is 12.4. The van der Waals surface area contributed by atoms with Crippen LogP contribution in [-0.2, 0) is 25.9 Å². The van der Waals surface area contributed by atoms with Crippen molar-refractivity contribution in [2.45, 2.75) is 109 Å². The molecule has 1 spiro atoms. The normalized spacial score (nSPS) is 24.2. The Bertz CT molecular complexity index is 1510. The maximum atomic E-state index is 10.7. The number of rotatable bonds is 17. The number of aromatic hydroxyl groups is 1. The third-order valence-corrected chi connectivity index (χ3v) is 11.0. The van der Waals surface area contributed by atoms with Crippen LogP contribution in [0.5, 0.6) is 11.5 Å². The third kappa shape index (κ3) is 7.21. The molecular weight excluding hydrogens is 590 g/mol. The number of aromatic nitrogens is 1. The second-order valence-electron chi connectivity index (χ2n) is 14.2. The summed E-state index contributed by atoms with van der Waals surface area (Å²) in [5.41, 5.74) is 5.98. The first-order valence-corrected chi connectivity index (χ1v) is 18.0. The first kappa shape index (κ1) is 33.8. The average molecular weight is 646 g/mol. The number of furan rings is 1. The maximum Gasteiger partial charge on any atom is 0.161 e. The largest absolute Gasteiger partial charge is 0.504 e. The van der Waals surface area contributed by atoms with Gasteiger partial charge in [-0.2, -0.15) is 0 Å². The number of allylic oxidation sites excluding steroid dienone is 2. The molecule has 256 valence electrons. The number of aliphatic hydroxyl groups is 2. The number of phenolic OH excluding ortho intramolecular Hbond substituents is 1. The number of hydrogen-bond acceptors (Lipinski definition) is 7. The number of benzene rings is 1. The van der Waals surface area contributed by atoms with Crippen molar-refractivity contribution in [2.24, 2.45) is 11.3 Å². The number of hydrogen-bond donors (Lipinski definition) is 6. The van der Waals surface area contributed by atoms with Crippen molar-refractivity contribution in [2.75, 3.05) is 26.2 Å². The van der Waals surface area contributed by atoms with E-state index in [1.807, 2.05) is 25.1 Å². The number of likely N-dealkylation sites (N-methyl/N-ethyl adjacent to an activating group) is 1. The van der Waals surface area contributed by atoms with Crippen molar-refractivity contribution in [1.29, 1.82) is 0 Å². The van der Waals surface area contributed by atoms with E-state index in [-0.39, 0.29) is 29.9 Å². The quantitative estimate of drug-likeness (QED) is 0.0920.